The van der Waals surface area contributed by atoms with Crippen LogP contribution in [0.1, 0.15) is 62.7 Å². The lowest BCUT2D eigenvalue weighted by molar-refractivity contribution is 0.0152. The van der Waals surface area contributed by atoms with Crippen molar-refractivity contribution >= 4 is 0 Å². The number of hydrogen-bond acceptors (Lipinski definition) is 2. The smallest absolute Gasteiger partial charge is 0.0523 e. The van der Waals surface area contributed by atoms with Gasteiger partial charge in [-0.05, 0) is 61.8 Å². The maximum Gasteiger partial charge on any atom is 0.0523 e. The van der Waals surface area contributed by atoms with Gasteiger partial charge in [-0.25, -0.2) is 0 Å². The summed E-state index contributed by atoms with van der Waals surface area (Å²) in [5, 5.41) is 0. The van der Waals surface area contributed by atoms with Gasteiger partial charge in [-0.1, -0.05) is 26.0 Å². The molecule has 2 bridgehead atoms. The average Bonchev–Trinajstić information content (AvgIpc) is 2.54. The summed E-state index contributed by atoms with van der Waals surface area (Å²) >= 11 is 0. The first-order chi connectivity index (χ1) is 10.4. The Balaban J connectivity index is 1.78. The third kappa shape index (κ3) is 1.79. The highest BCUT2D eigenvalue weighted by atomic mass is 14.8. The van der Waals surface area contributed by atoms with Crippen molar-refractivity contribution in [2.75, 3.05) is 0 Å². The second-order valence-electron chi connectivity index (χ2n) is 8.09. The van der Waals surface area contributed by atoms with E-state index in [2.05, 4.69) is 56.9 Å². The van der Waals surface area contributed by atoms with Crippen LogP contribution < -0.4 is 0 Å². The Kier molecular flexibility index (Phi) is 2.79. The molecule has 2 heteroatoms. The quantitative estimate of drug-likeness (QED) is 0.815. The van der Waals surface area contributed by atoms with Crippen molar-refractivity contribution in [1.29, 1.82) is 0 Å². The fourth-order valence-electron chi connectivity index (χ4n) is 4.28. The van der Waals surface area contributed by atoms with Crippen molar-refractivity contribution in [2.24, 2.45) is 11.3 Å². The summed E-state index contributed by atoms with van der Waals surface area (Å²) in [6.45, 7) is 9.27. The Morgan fingerprint density at radius 2 is 1.91 bits per heavy atom. The molecule has 0 unspecified atom stereocenters. The molecular formula is C20H24N2. The number of hydrogen-bond donors (Lipinski definition) is 0. The molecular weight excluding hydrogens is 268 g/mol. The summed E-state index contributed by atoms with van der Waals surface area (Å²) in [5.41, 5.74) is 5.33. The SMILES string of the molecule is CC(C)(c1ccccn1)c1ccc2c(n1)[C@@H]1C[C@H](C2)C1(C)C. The largest absolute Gasteiger partial charge is 0.260 e. The normalized spacial score (nSPS) is 25.3. The molecule has 2 aromatic rings. The summed E-state index contributed by atoms with van der Waals surface area (Å²) in [7, 11) is 0. The van der Waals surface area contributed by atoms with Crippen molar-refractivity contribution in [3.63, 3.8) is 0 Å². The number of pyridine rings is 2. The molecule has 0 aliphatic heterocycles. The molecule has 0 radical (unpaired) electrons. The Labute approximate surface area is 133 Å². The van der Waals surface area contributed by atoms with Crippen LogP contribution in [-0.2, 0) is 11.8 Å². The average molecular weight is 292 g/mol. The van der Waals surface area contributed by atoms with E-state index in [0.717, 1.165) is 17.3 Å². The van der Waals surface area contributed by atoms with Crippen molar-refractivity contribution < 1.29 is 0 Å². The number of rotatable bonds is 2. The molecule has 3 aliphatic carbocycles. The fourth-order valence-corrected chi connectivity index (χ4v) is 4.28. The Hall–Kier alpha value is -1.70. The maximum atomic E-state index is 5.14. The second kappa shape index (κ2) is 4.41. The van der Waals surface area contributed by atoms with Gasteiger partial charge in [-0.15, -0.1) is 0 Å². The van der Waals surface area contributed by atoms with E-state index in [9.17, 15) is 0 Å². The Bertz CT molecular complexity index is 716. The molecule has 0 aromatic carbocycles. The van der Waals surface area contributed by atoms with Gasteiger partial charge < -0.3 is 0 Å². The van der Waals surface area contributed by atoms with Gasteiger partial charge in [0.2, 0.25) is 0 Å². The van der Waals surface area contributed by atoms with Gasteiger partial charge in [0.05, 0.1) is 11.4 Å². The molecule has 114 valence electrons. The van der Waals surface area contributed by atoms with Gasteiger partial charge in [0, 0.05) is 23.2 Å². The van der Waals surface area contributed by atoms with E-state index in [1.807, 2.05) is 12.3 Å². The standard InChI is InChI=1S/C20H24N2/c1-19(2)14-11-13-8-9-17(22-18(13)15(19)12-14)20(3,4)16-7-5-6-10-21-16/h5-10,14-15H,11-12H2,1-4H3/t14-,15-/m0/s1. The predicted molar refractivity (Wildman–Crippen MR) is 88.9 cm³/mol. The molecule has 2 aromatic heterocycles. The van der Waals surface area contributed by atoms with Crippen LogP contribution in [0.3, 0.4) is 0 Å². The van der Waals surface area contributed by atoms with E-state index in [0.29, 0.717) is 11.3 Å². The summed E-state index contributed by atoms with van der Waals surface area (Å²) in [6.07, 6.45) is 4.39. The van der Waals surface area contributed by atoms with Gasteiger partial charge in [-0.2, -0.15) is 0 Å². The first-order valence-electron chi connectivity index (χ1n) is 8.32. The first kappa shape index (κ1) is 13.9. The van der Waals surface area contributed by atoms with Gasteiger partial charge in [0.25, 0.3) is 0 Å². The Morgan fingerprint density at radius 1 is 1.09 bits per heavy atom. The monoisotopic (exact) mass is 292 g/mol. The van der Waals surface area contributed by atoms with Crippen LogP contribution in [0.15, 0.2) is 36.5 Å². The summed E-state index contributed by atoms with van der Waals surface area (Å²) in [4.78, 5) is 9.69. The van der Waals surface area contributed by atoms with Crippen molar-refractivity contribution in [1.82, 2.24) is 9.97 Å². The highest BCUT2D eigenvalue weighted by Gasteiger charge is 2.53. The molecule has 22 heavy (non-hydrogen) atoms. The third-order valence-electron chi connectivity index (χ3n) is 6.22. The first-order valence-corrected chi connectivity index (χ1v) is 8.32. The second-order valence-corrected chi connectivity index (χ2v) is 8.09. The molecule has 0 spiro atoms. The van der Waals surface area contributed by atoms with Crippen LogP contribution in [0, 0.1) is 11.3 Å². The number of aromatic nitrogens is 2. The van der Waals surface area contributed by atoms with Crippen LogP contribution in [0.25, 0.3) is 0 Å². The van der Waals surface area contributed by atoms with Crippen molar-refractivity contribution in [2.45, 2.75) is 51.9 Å². The van der Waals surface area contributed by atoms with Crippen LogP contribution >= 0.6 is 0 Å². The van der Waals surface area contributed by atoms with Gasteiger partial charge in [0.1, 0.15) is 0 Å². The van der Waals surface area contributed by atoms with Gasteiger partial charge >= 0.3 is 0 Å². The van der Waals surface area contributed by atoms with Crippen molar-refractivity contribution in [3.05, 3.63) is 59.2 Å². The molecule has 2 nitrogen and oxygen atoms in total. The minimum atomic E-state index is -0.152. The molecule has 1 saturated carbocycles. The minimum absolute atomic E-state index is 0.152. The molecule has 0 saturated heterocycles. The molecule has 0 amide bonds. The van der Waals surface area contributed by atoms with E-state index in [-0.39, 0.29) is 5.41 Å². The van der Waals surface area contributed by atoms with E-state index in [4.69, 9.17) is 4.98 Å². The van der Waals surface area contributed by atoms with E-state index >= 15 is 0 Å². The van der Waals surface area contributed by atoms with Crippen LogP contribution in [0.4, 0.5) is 0 Å². The lowest BCUT2D eigenvalue weighted by Gasteiger charge is -2.56. The van der Waals surface area contributed by atoms with Crippen LogP contribution in [0.5, 0.6) is 0 Å². The van der Waals surface area contributed by atoms with Gasteiger partial charge in [0.15, 0.2) is 0 Å². The lowest BCUT2D eigenvalue weighted by Crippen LogP contribution is -2.48. The molecule has 5 rings (SSSR count). The van der Waals surface area contributed by atoms with Crippen molar-refractivity contribution in [3.8, 4) is 0 Å². The molecule has 1 fully saturated rings. The van der Waals surface area contributed by atoms with E-state index in [1.54, 1.807) is 0 Å². The zero-order valence-corrected chi connectivity index (χ0v) is 13.9. The van der Waals surface area contributed by atoms with Crippen LogP contribution in [0.2, 0.25) is 0 Å². The highest BCUT2D eigenvalue weighted by Crippen LogP contribution is 2.61. The summed E-state index contributed by atoms with van der Waals surface area (Å²) in [5.74, 6) is 1.49. The number of nitrogens with zero attached hydrogens (tertiary/aromatic N) is 2. The zero-order chi connectivity index (χ0) is 15.5. The zero-order valence-electron chi connectivity index (χ0n) is 13.9. The topological polar surface area (TPSA) is 25.8 Å². The molecule has 3 aliphatic rings. The maximum absolute atomic E-state index is 5.14. The lowest BCUT2D eigenvalue weighted by atomic mass is 9.48. The van der Waals surface area contributed by atoms with E-state index < -0.39 is 0 Å². The molecule has 2 atom stereocenters. The minimum Gasteiger partial charge on any atom is -0.260 e. The Morgan fingerprint density at radius 3 is 2.59 bits per heavy atom. The summed E-state index contributed by atoms with van der Waals surface area (Å²) < 4.78 is 0. The predicted octanol–water partition coefficient (Wildman–Crippen LogP) is 4.49. The fraction of sp³-hybridized carbons (Fsp3) is 0.500. The summed E-state index contributed by atoms with van der Waals surface area (Å²) in [6, 6.07) is 10.7. The molecule has 2 heterocycles. The highest BCUT2D eigenvalue weighted by molar-refractivity contribution is 5.39. The van der Waals surface area contributed by atoms with Crippen LogP contribution in [-0.4, -0.2) is 9.97 Å². The third-order valence-corrected chi connectivity index (χ3v) is 6.22. The van der Waals surface area contributed by atoms with E-state index in [1.165, 1.54) is 24.1 Å². The molecule has 0 N–H and O–H groups in total. The van der Waals surface area contributed by atoms with Gasteiger partial charge in [-0.3, -0.25) is 9.97 Å².